The topological polar surface area (TPSA) is 92.7 Å². The lowest BCUT2D eigenvalue weighted by Crippen LogP contribution is -2.52. The molecule has 4 aromatic rings. The van der Waals surface area contributed by atoms with Crippen molar-refractivity contribution in [2.75, 3.05) is 0 Å². The Morgan fingerprint density at radius 2 is 1.52 bits per heavy atom. The number of nitrogens with zero attached hydrogens (tertiary/aromatic N) is 2. The molecule has 204 valence electrons. The normalized spacial score (nSPS) is 14.5. The summed E-state index contributed by atoms with van der Waals surface area (Å²) in [6.45, 7) is 1.93. The molecule has 40 heavy (non-hydrogen) atoms. The molecule has 3 aromatic carbocycles. The number of halogens is 2. The zero-order chi connectivity index (χ0) is 28.2. The lowest BCUT2D eigenvalue weighted by Gasteiger charge is -2.36. The maximum atomic E-state index is 13.7. The molecule has 0 spiro atoms. The van der Waals surface area contributed by atoms with Crippen molar-refractivity contribution in [1.82, 2.24) is 20.3 Å². The minimum atomic E-state index is -0.733. The number of nitrogens with one attached hydrogen (secondary N) is 2. The molecular formula is C30H26F2N4O4. The van der Waals surface area contributed by atoms with Gasteiger partial charge >= 0.3 is 0 Å². The van der Waals surface area contributed by atoms with Gasteiger partial charge in [-0.05, 0) is 47.9 Å². The van der Waals surface area contributed by atoms with Gasteiger partial charge in [0, 0.05) is 12.7 Å². The molecule has 0 saturated heterocycles. The van der Waals surface area contributed by atoms with Crippen molar-refractivity contribution in [2.45, 2.75) is 32.8 Å². The van der Waals surface area contributed by atoms with E-state index >= 15 is 0 Å². The van der Waals surface area contributed by atoms with Crippen LogP contribution in [0.3, 0.4) is 0 Å². The zero-order valence-electron chi connectivity index (χ0n) is 21.6. The summed E-state index contributed by atoms with van der Waals surface area (Å²) in [5.41, 5.74) is 4.20. The van der Waals surface area contributed by atoms with Crippen LogP contribution >= 0.6 is 0 Å². The highest BCUT2D eigenvalue weighted by atomic mass is 19.1. The third-order valence-electron chi connectivity index (χ3n) is 6.49. The van der Waals surface area contributed by atoms with Crippen LogP contribution in [0.2, 0.25) is 0 Å². The first-order chi connectivity index (χ1) is 19.3. The number of pyridine rings is 1. The van der Waals surface area contributed by atoms with Gasteiger partial charge in [-0.3, -0.25) is 19.4 Å². The molecule has 1 aliphatic rings. The number of carbonyl (C=O) groups is 2. The Morgan fingerprint density at radius 1 is 0.900 bits per heavy atom. The summed E-state index contributed by atoms with van der Waals surface area (Å²) < 4.78 is 34.1. The first-order valence-electron chi connectivity index (χ1n) is 12.6. The van der Waals surface area contributed by atoms with Crippen LogP contribution in [0, 0.1) is 11.6 Å². The number of hydrazine groups is 1. The van der Waals surface area contributed by atoms with Gasteiger partial charge in [0.05, 0.1) is 12.7 Å². The van der Waals surface area contributed by atoms with Crippen LogP contribution in [0.4, 0.5) is 8.78 Å². The Labute approximate surface area is 228 Å². The molecular weight excluding hydrogens is 518 g/mol. The molecule has 10 heteroatoms. The molecule has 0 saturated carbocycles. The summed E-state index contributed by atoms with van der Waals surface area (Å²) in [7, 11) is 0. The quantitative estimate of drug-likeness (QED) is 0.345. The summed E-state index contributed by atoms with van der Waals surface area (Å²) >= 11 is 0. The van der Waals surface area contributed by atoms with E-state index in [4.69, 9.17) is 4.74 Å². The van der Waals surface area contributed by atoms with E-state index < -0.39 is 35.0 Å². The van der Waals surface area contributed by atoms with Crippen molar-refractivity contribution in [1.29, 1.82) is 0 Å². The molecule has 1 aliphatic heterocycles. The number of rotatable bonds is 8. The van der Waals surface area contributed by atoms with E-state index in [0.29, 0.717) is 11.1 Å². The molecule has 0 bridgehead atoms. The number of fused-ring (bicyclic) bond motifs is 1. The van der Waals surface area contributed by atoms with Crippen LogP contribution in [-0.2, 0) is 19.7 Å². The average molecular weight is 545 g/mol. The van der Waals surface area contributed by atoms with Crippen molar-refractivity contribution in [2.24, 2.45) is 0 Å². The first-order valence-corrected chi connectivity index (χ1v) is 12.6. The zero-order valence-corrected chi connectivity index (χ0v) is 21.6. The summed E-state index contributed by atoms with van der Waals surface area (Å²) in [5, 5.41) is 4.01. The number of ether oxygens (including phenoxy) is 1. The molecule has 0 radical (unpaired) electrons. The fraction of sp³-hybridized carbons (Fsp3) is 0.167. The van der Waals surface area contributed by atoms with Crippen LogP contribution in [0.1, 0.15) is 50.6 Å². The van der Waals surface area contributed by atoms with E-state index in [0.717, 1.165) is 5.56 Å². The maximum absolute atomic E-state index is 13.7. The predicted octanol–water partition coefficient (Wildman–Crippen LogP) is 4.31. The Bertz CT molecular complexity index is 1590. The smallest absolute Gasteiger partial charge is 0.289 e. The van der Waals surface area contributed by atoms with E-state index in [-0.39, 0.29) is 36.7 Å². The molecule has 0 aliphatic carbocycles. The lowest BCUT2D eigenvalue weighted by molar-refractivity contribution is 0.0450. The first kappa shape index (κ1) is 26.8. The summed E-state index contributed by atoms with van der Waals surface area (Å²) in [6.07, 6.45) is 0.786. The van der Waals surface area contributed by atoms with Gasteiger partial charge in [-0.1, -0.05) is 54.6 Å². The van der Waals surface area contributed by atoms with Crippen LogP contribution in [0.25, 0.3) is 0 Å². The van der Waals surface area contributed by atoms with E-state index in [9.17, 15) is 23.2 Å². The highest BCUT2D eigenvalue weighted by Gasteiger charge is 2.35. The molecule has 8 nitrogen and oxygen atoms in total. The van der Waals surface area contributed by atoms with Gasteiger partial charge in [-0.15, -0.1) is 0 Å². The van der Waals surface area contributed by atoms with Gasteiger partial charge in [0.15, 0.2) is 11.4 Å². The van der Waals surface area contributed by atoms with Gasteiger partial charge in [-0.25, -0.2) is 14.2 Å². The summed E-state index contributed by atoms with van der Waals surface area (Å²) in [5.74, 6) is -2.25. The minimum absolute atomic E-state index is 0.00319. The van der Waals surface area contributed by atoms with Gasteiger partial charge in [0.2, 0.25) is 5.43 Å². The Kier molecular flexibility index (Phi) is 7.70. The monoisotopic (exact) mass is 544 g/mol. The standard InChI is InChI=1S/C30H26F2N4O4/c1-19-34-36(16-21-9-13-24(32)14-10-21)30(39)26-28(40-18-22-5-3-2-4-6-22)27(37)25(17-35(19)26)29(38)33-15-20-7-11-23(31)12-8-20/h2-14,17,19,34H,15-16,18H2,1H3,(H,33,38). The van der Waals surface area contributed by atoms with Crippen molar-refractivity contribution < 1.29 is 23.1 Å². The molecule has 5 rings (SSSR count). The van der Waals surface area contributed by atoms with Crippen molar-refractivity contribution in [3.05, 3.63) is 135 Å². The number of aromatic nitrogens is 1. The van der Waals surface area contributed by atoms with Gasteiger partial charge in [-0.2, -0.15) is 0 Å². The molecule has 0 fully saturated rings. The Morgan fingerprint density at radius 3 is 2.17 bits per heavy atom. The molecule has 1 aromatic heterocycles. The maximum Gasteiger partial charge on any atom is 0.289 e. The molecule has 2 N–H and O–H groups in total. The van der Waals surface area contributed by atoms with E-state index in [2.05, 4.69) is 10.7 Å². The molecule has 1 atom stereocenters. The molecule has 2 amide bonds. The van der Waals surface area contributed by atoms with Gasteiger partial charge in [0.1, 0.15) is 23.8 Å². The Hall–Kier alpha value is -4.83. The molecule has 2 heterocycles. The van der Waals surface area contributed by atoms with Crippen LogP contribution < -0.4 is 20.9 Å². The largest absolute Gasteiger partial charge is 0.483 e. The van der Waals surface area contributed by atoms with Crippen molar-refractivity contribution in [3.8, 4) is 5.75 Å². The number of amides is 2. The van der Waals surface area contributed by atoms with Gasteiger partial charge in [0.25, 0.3) is 11.8 Å². The van der Waals surface area contributed by atoms with E-state index in [1.165, 1.54) is 52.2 Å². The second-order valence-corrected chi connectivity index (χ2v) is 9.36. The Balaban J connectivity index is 1.49. The highest BCUT2D eigenvalue weighted by Crippen LogP contribution is 2.26. The third-order valence-corrected chi connectivity index (χ3v) is 6.49. The fourth-order valence-corrected chi connectivity index (χ4v) is 4.39. The molecule has 1 unspecified atom stereocenters. The van der Waals surface area contributed by atoms with Crippen molar-refractivity contribution >= 4 is 11.8 Å². The predicted molar refractivity (Wildman–Crippen MR) is 143 cm³/mol. The number of hydrogen-bond acceptors (Lipinski definition) is 5. The summed E-state index contributed by atoms with van der Waals surface area (Å²) in [4.78, 5) is 40.4. The third kappa shape index (κ3) is 5.76. The average Bonchev–Trinajstić information content (AvgIpc) is 2.96. The van der Waals surface area contributed by atoms with E-state index in [1.807, 2.05) is 30.3 Å². The number of carbonyl (C=O) groups excluding carboxylic acids is 2. The van der Waals surface area contributed by atoms with Gasteiger partial charge < -0.3 is 14.6 Å². The SMILES string of the molecule is CC1NN(Cc2ccc(F)cc2)C(=O)c2c(OCc3ccccc3)c(=O)c(C(=O)NCc3ccc(F)cc3)cn21. The van der Waals surface area contributed by atoms with E-state index in [1.54, 1.807) is 19.1 Å². The van der Waals surface area contributed by atoms with Crippen LogP contribution in [0.5, 0.6) is 5.75 Å². The second-order valence-electron chi connectivity index (χ2n) is 9.36. The van der Waals surface area contributed by atoms with Crippen molar-refractivity contribution in [3.63, 3.8) is 0 Å². The second kappa shape index (κ2) is 11.5. The number of benzene rings is 3. The fourth-order valence-electron chi connectivity index (χ4n) is 4.39. The highest BCUT2D eigenvalue weighted by molar-refractivity contribution is 5.99. The number of hydrogen-bond donors (Lipinski definition) is 2. The van der Waals surface area contributed by atoms with Crippen LogP contribution in [-0.4, -0.2) is 21.4 Å². The lowest BCUT2D eigenvalue weighted by atomic mass is 10.1. The minimum Gasteiger partial charge on any atom is -0.483 e. The van der Waals surface area contributed by atoms with Crippen LogP contribution in [0.15, 0.2) is 89.9 Å². The summed E-state index contributed by atoms with van der Waals surface area (Å²) in [6, 6.07) is 20.5.